The number of carbonyl (C=O) groups excluding carboxylic acids is 1. The van der Waals surface area contributed by atoms with Gasteiger partial charge in [-0.15, -0.1) is 0 Å². The van der Waals surface area contributed by atoms with Gasteiger partial charge in [-0.1, -0.05) is 6.07 Å². The highest BCUT2D eigenvalue weighted by atomic mass is 32.2. The lowest BCUT2D eigenvalue weighted by atomic mass is 10.1. The molecule has 0 aliphatic rings. The van der Waals surface area contributed by atoms with Crippen LogP contribution in [0.2, 0.25) is 0 Å². The minimum absolute atomic E-state index is 0.0438. The summed E-state index contributed by atoms with van der Waals surface area (Å²) in [5.41, 5.74) is 1.06. The zero-order chi connectivity index (χ0) is 15.2. The molecule has 0 heterocycles. The molecule has 0 bridgehead atoms. The molecule has 0 aliphatic carbocycles. The quantitative estimate of drug-likeness (QED) is 0.635. The molecule has 0 saturated heterocycles. The van der Waals surface area contributed by atoms with Crippen LogP contribution in [-0.2, 0) is 10.0 Å². The van der Waals surface area contributed by atoms with Crippen LogP contribution >= 0.6 is 0 Å². The van der Waals surface area contributed by atoms with Crippen LogP contribution in [0.5, 0.6) is 0 Å². The lowest BCUT2D eigenvalue weighted by Crippen LogP contribution is -2.27. The minimum Gasteiger partial charge on any atom is -0.396 e. The summed E-state index contributed by atoms with van der Waals surface area (Å²) in [7, 11) is -3.66. The maximum absolute atomic E-state index is 12.0. The molecular weight excluding hydrogens is 280 g/mol. The van der Waals surface area contributed by atoms with E-state index >= 15 is 0 Å². The number of hydrogen-bond acceptors (Lipinski definition) is 4. The Morgan fingerprint density at radius 2 is 2.05 bits per heavy atom. The van der Waals surface area contributed by atoms with E-state index in [1.54, 1.807) is 19.9 Å². The van der Waals surface area contributed by atoms with E-state index in [0.717, 1.165) is 0 Å². The number of aryl methyl sites for hydroxylation is 1. The Balaban J connectivity index is 3.02. The van der Waals surface area contributed by atoms with Crippen LogP contribution in [0.3, 0.4) is 0 Å². The molecule has 0 aromatic heterocycles. The summed E-state index contributed by atoms with van der Waals surface area (Å²) in [5, 5.41) is 11.3. The van der Waals surface area contributed by atoms with Gasteiger partial charge in [0, 0.05) is 25.3 Å². The van der Waals surface area contributed by atoms with Gasteiger partial charge in [-0.3, -0.25) is 4.79 Å². The first-order valence-corrected chi connectivity index (χ1v) is 7.90. The van der Waals surface area contributed by atoms with Crippen molar-refractivity contribution in [3.05, 3.63) is 29.3 Å². The zero-order valence-corrected chi connectivity index (χ0v) is 12.5. The average molecular weight is 300 g/mol. The molecule has 1 aromatic carbocycles. The van der Waals surface area contributed by atoms with Crippen molar-refractivity contribution in [2.45, 2.75) is 25.2 Å². The molecule has 1 aromatic rings. The monoisotopic (exact) mass is 300 g/mol. The molecular formula is C13H20N2O4S. The van der Waals surface area contributed by atoms with Crippen molar-refractivity contribution >= 4 is 15.9 Å². The zero-order valence-electron chi connectivity index (χ0n) is 11.6. The number of benzene rings is 1. The largest absolute Gasteiger partial charge is 0.396 e. The summed E-state index contributed by atoms with van der Waals surface area (Å²) in [6, 6.07) is 4.42. The van der Waals surface area contributed by atoms with Gasteiger partial charge in [0.25, 0.3) is 5.91 Å². The molecule has 0 spiro atoms. The molecule has 20 heavy (non-hydrogen) atoms. The fourth-order valence-electron chi connectivity index (χ4n) is 1.64. The van der Waals surface area contributed by atoms with Crippen LogP contribution in [0.1, 0.15) is 29.3 Å². The van der Waals surface area contributed by atoms with Crippen LogP contribution in [-0.4, -0.2) is 39.1 Å². The summed E-state index contributed by atoms with van der Waals surface area (Å²) in [6.07, 6.45) is 0.342. The molecule has 0 fully saturated rings. The third-order valence-electron chi connectivity index (χ3n) is 2.73. The standard InChI is InChI=1S/C13H20N2O4S/c1-3-14-13(17)12-9-11(6-5-10(12)2)20(18,19)15-7-4-8-16/h5-6,9,15-16H,3-4,7-8H2,1-2H3,(H,14,17). The van der Waals surface area contributed by atoms with E-state index in [1.807, 2.05) is 0 Å². The highest BCUT2D eigenvalue weighted by molar-refractivity contribution is 7.89. The normalized spacial score (nSPS) is 11.3. The van der Waals surface area contributed by atoms with Gasteiger partial charge in [-0.05, 0) is 38.0 Å². The summed E-state index contributed by atoms with van der Waals surface area (Å²) in [5.74, 6) is -0.294. The second kappa shape index (κ2) is 7.37. The van der Waals surface area contributed by atoms with Crippen LogP contribution in [0.25, 0.3) is 0 Å². The van der Waals surface area contributed by atoms with E-state index in [1.165, 1.54) is 12.1 Å². The number of amides is 1. The Morgan fingerprint density at radius 3 is 2.65 bits per heavy atom. The molecule has 3 N–H and O–H groups in total. The van der Waals surface area contributed by atoms with E-state index < -0.39 is 10.0 Å². The van der Waals surface area contributed by atoms with E-state index in [2.05, 4.69) is 10.0 Å². The van der Waals surface area contributed by atoms with Crippen molar-refractivity contribution < 1.29 is 18.3 Å². The SMILES string of the molecule is CCNC(=O)c1cc(S(=O)(=O)NCCCO)ccc1C. The first-order valence-electron chi connectivity index (χ1n) is 6.41. The van der Waals surface area contributed by atoms with Gasteiger partial charge in [0.15, 0.2) is 0 Å². The lowest BCUT2D eigenvalue weighted by molar-refractivity contribution is 0.0955. The molecule has 1 amide bonds. The van der Waals surface area contributed by atoms with E-state index in [-0.39, 0.29) is 24.0 Å². The smallest absolute Gasteiger partial charge is 0.251 e. The number of rotatable bonds is 7. The topological polar surface area (TPSA) is 95.5 Å². The van der Waals surface area contributed by atoms with Crippen LogP contribution < -0.4 is 10.0 Å². The number of aliphatic hydroxyl groups is 1. The maximum atomic E-state index is 12.0. The van der Waals surface area contributed by atoms with Crippen LogP contribution in [0, 0.1) is 6.92 Å². The van der Waals surface area contributed by atoms with Crippen LogP contribution in [0.4, 0.5) is 0 Å². The molecule has 112 valence electrons. The maximum Gasteiger partial charge on any atom is 0.251 e. The van der Waals surface area contributed by atoms with Gasteiger partial charge in [-0.2, -0.15) is 0 Å². The highest BCUT2D eigenvalue weighted by Crippen LogP contribution is 2.15. The summed E-state index contributed by atoms with van der Waals surface area (Å²) < 4.78 is 26.4. The Morgan fingerprint density at radius 1 is 1.35 bits per heavy atom. The first-order chi connectivity index (χ1) is 9.42. The van der Waals surface area contributed by atoms with Crippen molar-refractivity contribution in [1.29, 1.82) is 0 Å². The minimum atomic E-state index is -3.66. The van der Waals surface area contributed by atoms with Crippen molar-refractivity contribution in [2.75, 3.05) is 19.7 Å². The van der Waals surface area contributed by atoms with Crippen molar-refractivity contribution in [1.82, 2.24) is 10.0 Å². The fourth-order valence-corrected chi connectivity index (χ4v) is 2.74. The molecule has 7 heteroatoms. The van der Waals surface area contributed by atoms with Crippen molar-refractivity contribution in [3.8, 4) is 0 Å². The Kier molecular flexibility index (Phi) is 6.12. The summed E-state index contributed by atoms with van der Waals surface area (Å²) in [4.78, 5) is 11.9. The second-order valence-corrected chi connectivity index (χ2v) is 6.08. The van der Waals surface area contributed by atoms with Gasteiger partial charge < -0.3 is 10.4 Å². The average Bonchev–Trinajstić information content (AvgIpc) is 2.39. The van der Waals surface area contributed by atoms with Gasteiger partial charge in [0.05, 0.1) is 4.90 Å². The van der Waals surface area contributed by atoms with Crippen molar-refractivity contribution in [3.63, 3.8) is 0 Å². The first kappa shape index (κ1) is 16.6. The van der Waals surface area contributed by atoms with Gasteiger partial charge >= 0.3 is 0 Å². The molecule has 0 aliphatic heterocycles. The Hall–Kier alpha value is -1.44. The Bertz CT molecular complexity index is 570. The molecule has 0 radical (unpaired) electrons. The predicted octanol–water partition coefficient (Wildman–Crippen LogP) is 0.405. The molecule has 0 atom stereocenters. The Labute approximate surface area is 119 Å². The number of carbonyl (C=O) groups is 1. The number of hydrogen-bond donors (Lipinski definition) is 3. The van der Waals surface area contributed by atoms with Gasteiger partial charge in [0.1, 0.15) is 0 Å². The highest BCUT2D eigenvalue weighted by Gasteiger charge is 2.17. The van der Waals surface area contributed by atoms with Crippen molar-refractivity contribution in [2.24, 2.45) is 0 Å². The number of nitrogens with one attached hydrogen (secondary N) is 2. The van der Waals surface area contributed by atoms with Gasteiger partial charge in [0.2, 0.25) is 10.0 Å². The molecule has 0 saturated carbocycles. The third kappa shape index (κ3) is 4.29. The summed E-state index contributed by atoms with van der Waals surface area (Å²) >= 11 is 0. The second-order valence-electron chi connectivity index (χ2n) is 4.31. The number of aliphatic hydroxyl groups excluding tert-OH is 1. The third-order valence-corrected chi connectivity index (χ3v) is 4.19. The fraction of sp³-hybridized carbons (Fsp3) is 0.462. The van der Waals surface area contributed by atoms with Gasteiger partial charge in [-0.25, -0.2) is 13.1 Å². The number of sulfonamides is 1. The molecule has 0 unspecified atom stereocenters. The molecule has 6 nitrogen and oxygen atoms in total. The van der Waals surface area contributed by atoms with E-state index in [9.17, 15) is 13.2 Å². The van der Waals surface area contributed by atoms with E-state index in [0.29, 0.717) is 24.1 Å². The summed E-state index contributed by atoms with van der Waals surface area (Å²) in [6.45, 7) is 4.10. The predicted molar refractivity (Wildman–Crippen MR) is 76.1 cm³/mol. The molecule has 1 rings (SSSR count). The lowest BCUT2D eigenvalue weighted by Gasteiger charge is -2.10. The van der Waals surface area contributed by atoms with Crippen LogP contribution in [0.15, 0.2) is 23.1 Å². The van der Waals surface area contributed by atoms with E-state index in [4.69, 9.17) is 5.11 Å².